The number of hydrogen-bond acceptors (Lipinski definition) is 3. The topological polar surface area (TPSA) is 77.8 Å². The van der Waals surface area contributed by atoms with Crippen LogP contribution in [0.25, 0.3) is 0 Å². The number of aliphatic hydroxyl groups is 2. The molecule has 0 aromatic rings. The van der Waals surface area contributed by atoms with Crippen LogP contribution in [0.15, 0.2) is 36.5 Å². The molecule has 0 spiro atoms. The van der Waals surface area contributed by atoms with E-state index in [9.17, 15) is 15.0 Å². The molecule has 4 nitrogen and oxygen atoms in total. The predicted molar refractivity (Wildman–Crippen MR) is 87.5 cm³/mol. The zero-order valence-electron chi connectivity index (χ0n) is 13.1. The fourth-order valence-electron chi connectivity index (χ4n) is 2.69. The molecule has 124 valence electrons. The Hall–Kier alpha value is -1.39. The summed E-state index contributed by atoms with van der Waals surface area (Å²) in [7, 11) is 0. The molecule has 0 unspecified atom stereocenters. The molecule has 0 radical (unpaired) electrons. The minimum Gasteiger partial charge on any atom is -0.481 e. The normalized spacial score (nSPS) is 20.1. The fourth-order valence-corrected chi connectivity index (χ4v) is 2.69. The van der Waals surface area contributed by atoms with Crippen molar-refractivity contribution in [3.8, 4) is 0 Å². The first-order chi connectivity index (χ1) is 10.6. The first-order valence-electron chi connectivity index (χ1n) is 8.19. The molecule has 4 heteroatoms. The Morgan fingerprint density at radius 3 is 2.27 bits per heavy atom. The Morgan fingerprint density at radius 1 is 1.00 bits per heavy atom. The van der Waals surface area contributed by atoms with E-state index < -0.39 is 12.1 Å². The lowest BCUT2D eigenvalue weighted by molar-refractivity contribution is -0.137. The van der Waals surface area contributed by atoms with Crippen LogP contribution in [0.3, 0.4) is 0 Å². The summed E-state index contributed by atoms with van der Waals surface area (Å²) in [6, 6.07) is 0. The summed E-state index contributed by atoms with van der Waals surface area (Å²) >= 11 is 0. The van der Waals surface area contributed by atoms with Crippen molar-refractivity contribution in [1.82, 2.24) is 0 Å². The quantitative estimate of drug-likeness (QED) is 0.572. The average Bonchev–Trinajstić information content (AvgIpc) is 2.51. The third-order valence-corrected chi connectivity index (χ3v) is 4.00. The van der Waals surface area contributed by atoms with E-state index in [0.29, 0.717) is 18.8 Å². The zero-order valence-corrected chi connectivity index (χ0v) is 13.1. The van der Waals surface area contributed by atoms with Crippen LogP contribution in [-0.4, -0.2) is 33.5 Å². The molecule has 0 aliphatic heterocycles. The van der Waals surface area contributed by atoms with Crippen molar-refractivity contribution in [2.24, 2.45) is 5.92 Å². The molecule has 1 saturated carbocycles. The highest BCUT2D eigenvalue weighted by molar-refractivity contribution is 5.66. The lowest BCUT2D eigenvalue weighted by atomic mass is 9.85. The first kappa shape index (κ1) is 18.7. The lowest BCUT2D eigenvalue weighted by Gasteiger charge is -2.24. The van der Waals surface area contributed by atoms with Gasteiger partial charge in [0, 0.05) is 6.42 Å². The van der Waals surface area contributed by atoms with Crippen LogP contribution in [-0.2, 0) is 4.79 Å². The molecule has 0 heterocycles. The largest absolute Gasteiger partial charge is 0.481 e. The van der Waals surface area contributed by atoms with Crippen LogP contribution in [0.1, 0.15) is 51.4 Å². The molecule has 2 atom stereocenters. The minimum absolute atomic E-state index is 0.0858. The second-order valence-corrected chi connectivity index (χ2v) is 5.90. The Bertz CT molecular complexity index is 392. The summed E-state index contributed by atoms with van der Waals surface area (Å²) in [6.45, 7) is 0. The van der Waals surface area contributed by atoms with Crippen LogP contribution in [0, 0.1) is 5.92 Å². The van der Waals surface area contributed by atoms with Gasteiger partial charge in [0.05, 0.1) is 12.2 Å². The Labute approximate surface area is 132 Å². The number of aliphatic carboxylic acids is 1. The Morgan fingerprint density at radius 2 is 1.64 bits per heavy atom. The van der Waals surface area contributed by atoms with Crippen LogP contribution >= 0.6 is 0 Å². The van der Waals surface area contributed by atoms with E-state index in [2.05, 4.69) is 0 Å². The lowest BCUT2D eigenvalue weighted by Crippen LogP contribution is -2.20. The predicted octanol–water partition coefficient (Wildman–Crippen LogP) is 3.21. The van der Waals surface area contributed by atoms with Gasteiger partial charge in [0.25, 0.3) is 0 Å². The molecule has 1 fully saturated rings. The van der Waals surface area contributed by atoms with Crippen LogP contribution in [0.5, 0.6) is 0 Å². The highest BCUT2D eigenvalue weighted by Crippen LogP contribution is 2.26. The minimum atomic E-state index is -0.835. The number of rotatable bonds is 9. The van der Waals surface area contributed by atoms with Crippen molar-refractivity contribution < 1.29 is 20.1 Å². The molecule has 0 saturated heterocycles. The van der Waals surface area contributed by atoms with Gasteiger partial charge < -0.3 is 15.3 Å². The number of aliphatic hydroxyl groups excluding tert-OH is 2. The van der Waals surface area contributed by atoms with Gasteiger partial charge in [0.15, 0.2) is 0 Å². The van der Waals surface area contributed by atoms with E-state index in [4.69, 9.17) is 5.11 Å². The molecule has 1 aliphatic carbocycles. The molecular formula is C18H28O4. The molecular weight excluding hydrogens is 280 g/mol. The third kappa shape index (κ3) is 8.80. The highest BCUT2D eigenvalue weighted by Gasteiger charge is 2.18. The standard InChI is InChI=1S/C18H28O4/c19-16(12-8-14-18(21)22)11-6-1-2-7-13-17(20)15-9-4-3-5-10-15/h1-2,6-7,11,13,15-17,19-20H,3-5,8-10,12,14H2,(H,21,22)/b2-1+,11-6-,13-7+/t16-,17+/m0/s1. The second-order valence-electron chi connectivity index (χ2n) is 5.90. The number of carboxylic acids is 1. The van der Waals surface area contributed by atoms with Gasteiger partial charge in [-0.3, -0.25) is 4.79 Å². The summed E-state index contributed by atoms with van der Waals surface area (Å²) in [5.74, 6) is -0.442. The molecule has 0 aromatic carbocycles. The number of allylic oxidation sites excluding steroid dienone is 4. The molecule has 0 aromatic heterocycles. The van der Waals surface area contributed by atoms with Gasteiger partial charge in [-0.25, -0.2) is 0 Å². The average molecular weight is 308 g/mol. The maximum atomic E-state index is 10.3. The molecule has 0 bridgehead atoms. The van der Waals surface area contributed by atoms with Gasteiger partial charge in [-0.1, -0.05) is 55.7 Å². The van der Waals surface area contributed by atoms with Crippen LogP contribution in [0.2, 0.25) is 0 Å². The second kappa shape index (κ2) is 11.2. The van der Waals surface area contributed by atoms with Crippen molar-refractivity contribution in [3.63, 3.8) is 0 Å². The van der Waals surface area contributed by atoms with Crippen molar-refractivity contribution >= 4 is 5.97 Å². The van der Waals surface area contributed by atoms with Crippen molar-refractivity contribution in [2.45, 2.75) is 63.6 Å². The summed E-state index contributed by atoms with van der Waals surface area (Å²) in [5, 5.41) is 28.1. The summed E-state index contributed by atoms with van der Waals surface area (Å²) < 4.78 is 0. The fraction of sp³-hybridized carbons (Fsp3) is 0.611. The van der Waals surface area contributed by atoms with Gasteiger partial charge in [-0.15, -0.1) is 0 Å². The molecule has 1 aliphatic rings. The van der Waals surface area contributed by atoms with Crippen molar-refractivity contribution in [1.29, 1.82) is 0 Å². The van der Waals surface area contributed by atoms with Crippen LogP contribution in [0.4, 0.5) is 0 Å². The van der Waals surface area contributed by atoms with E-state index in [1.54, 1.807) is 18.2 Å². The summed E-state index contributed by atoms with van der Waals surface area (Å²) in [6.07, 6.45) is 16.6. The Balaban J connectivity index is 2.19. The van der Waals surface area contributed by atoms with Gasteiger partial charge in [0.1, 0.15) is 0 Å². The highest BCUT2D eigenvalue weighted by atomic mass is 16.4. The van der Waals surface area contributed by atoms with E-state index in [0.717, 1.165) is 12.8 Å². The van der Waals surface area contributed by atoms with E-state index in [-0.39, 0.29) is 12.5 Å². The van der Waals surface area contributed by atoms with E-state index in [1.165, 1.54) is 19.3 Å². The summed E-state index contributed by atoms with van der Waals surface area (Å²) in [4.78, 5) is 10.3. The summed E-state index contributed by atoms with van der Waals surface area (Å²) in [5.41, 5.74) is 0. The smallest absolute Gasteiger partial charge is 0.303 e. The van der Waals surface area contributed by atoms with Gasteiger partial charge in [0.2, 0.25) is 0 Å². The zero-order chi connectivity index (χ0) is 16.2. The van der Waals surface area contributed by atoms with Gasteiger partial charge >= 0.3 is 5.97 Å². The molecule has 0 amide bonds. The Kier molecular flexibility index (Phi) is 9.51. The maximum absolute atomic E-state index is 10.3. The maximum Gasteiger partial charge on any atom is 0.303 e. The van der Waals surface area contributed by atoms with E-state index >= 15 is 0 Å². The first-order valence-corrected chi connectivity index (χ1v) is 8.19. The van der Waals surface area contributed by atoms with E-state index in [1.807, 2.05) is 18.2 Å². The van der Waals surface area contributed by atoms with Crippen molar-refractivity contribution in [2.75, 3.05) is 0 Å². The van der Waals surface area contributed by atoms with Crippen molar-refractivity contribution in [3.05, 3.63) is 36.5 Å². The molecule has 1 rings (SSSR count). The monoisotopic (exact) mass is 308 g/mol. The third-order valence-electron chi connectivity index (χ3n) is 4.00. The molecule has 3 N–H and O–H groups in total. The number of hydrogen-bond donors (Lipinski definition) is 3. The SMILES string of the molecule is O=C(O)CCC[C@@H](O)\C=C/C=C/C=C/[C@@H](O)C1CCCCC1. The molecule has 22 heavy (non-hydrogen) atoms. The van der Waals surface area contributed by atoms with Gasteiger partial charge in [-0.2, -0.15) is 0 Å². The van der Waals surface area contributed by atoms with Gasteiger partial charge in [-0.05, 0) is 31.6 Å². The van der Waals surface area contributed by atoms with Crippen LogP contribution < -0.4 is 0 Å². The number of carbonyl (C=O) groups is 1. The number of carboxylic acid groups (broad SMARTS) is 1.